The summed E-state index contributed by atoms with van der Waals surface area (Å²) in [6, 6.07) is 9.21. The zero-order valence-electron chi connectivity index (χ0n) is 19.1. The number of urea groups is 1. The molecule has 2 aliphatic rings. The predicted octanol–water partition coefficient (Wildman–Crippen LogP) is 1.33. The Balaban J connectivity index is 1.41. The molecule has 1 aromatic carbocycles. The minimum absolute atomic E-state index is 0.214. The summed E-state index contributed by atoms with van der Waals surface area (Å²) in [5.74, 6) is 0.214. The van der Waals surface area contributed by atoms with Gasteiger partial charge in [-0.05, 0) is 12.5 Å². The fraction of sp³-hybridized carbons (Fsp3) is 0.429. The number of imidazole rings is 1. The van der Waals surface area contributed by atoms with Crippen molar-refractivity contribution in [3.63, 3.8) is 0 Å². The molecule has 2 saturated heterocycles. The Kier molecular flexibility index (Phi) is 6.99. The van der Waals surface area contributed by atoms with E-state index < -0.39 is 51.3 Å². The number of ether oxygens (including phenoxy) is 3. The number of aromatic nitrogens is 4. The number of carbonyl (C=O) groups is 1. The van der Waals surface area contributed by atoms with E-state index in [0.717, 1.165) is 5.56 Å². The van der Waals surface area contributed by atoms with E-state index in [2.05, 4.69) is 25.6 Å². The molecule has 0 aliphatic carbocycles. The lowest BCUT2D eigenvalue weighted by Crippen LogP contribution is -2.31. The summed E-state index contributed by atoms with van der Waals surface area (Å²) in [6.45, 7) is 1.82. The number of amides is 2. The Hall–Kier alpha value is -2.97. The van der Waals surface area contributed by atoms with Crippen molar-refractivity contribution >= 4 is 30.8 Å². The third kappa shape index (κ3) is 5.25. The molecule has 2 fully saturated rings. The van der Waals surface area contributed by atoms with E-state index in [1.807, 2.05) is 30.3 Å². The van der Waals surface area contributed by atoms with Crippen LogP contribution >= 0.6 is 7.82 Å². The van der Waals surface area contributed by atoms with Crippen LogP contribution in [0.5, 0.6) is 0 Å². The minimum atomic E-state index is -4.73. The number of nitrogens with zero attached hydrogens (tertiary/aromatic N) is 4. The number of fused-ring (bicyclic) bond motifs is 2. The monoisotopic (exact) mass is 520 g/mol. The second kappa shape index (κ2) is 10.2. The molecule has 4 N–H and O–H groups in total. The average Bonchev–Trinajstić information content (AvgIpc) is 3.52. The van der Waals surface area contributed by atoms with Gasteiger partial charge in [0.25, 0.3) is 0 Å². The molecule has 2 amide bonds. The Morgan fingerprint density at radius 3 is 2.67 bits per heavy atom. The van der Waals surface area contributed by atoms with E-state index >= 15 is 0 Å². The van der Waals surface area contributed by atoms with Gasteiger partial charge in [0.15, 0.2) is 29.5 Å². The molecule has 0 bridgehead atoms. The van der Waals surface area contributed by atoms with E-state index in [0.29, 0.717) is 24.1 Å². The Morgan fingerprint density at radius 1 is 1.14 bits per heavy atom. The summed E-state index contributed by atoms with van der Waals surface area (Å²) in [6.07, 6.45) is -0.305. The van der Waals surface area contributed by atoms with Gasteiger partial charge in [0.1, 0.15) is 24.6 Å². The van der Waals surface area contributed by atoms with Crippen LogP contribution in [0.15, 0.2) is 43.0 Å². The Bertz CT molecular complexity index is 1270. The van der Waals surface area contributed by atoms with Crippen LogP contribution < -0.4 is 10.6 Å². The van der Waals surface area contributed by atoms with Crippen molar-refractivity contribution in [3.05, 3.63) is 48.5 Å². The Morgan fingerprint density at radius 2 is 1.92 bits per heavy atom. The molecule has 3 aromatic rings. The van der Waals surface area contributed by atoms with Crippen molar-refractivity contribution in [2.75, 3.05) is 18.5 Å². The maximum atomic E-state index is 12.0. The van der Waals surface area contributed by atoms with Crippen LogP contribution in [0.25, 0.3) is 11.2 Å². The fourth-order valence-corrected chi connectivity index (χ4v) is 4.61. The van der Waals surface area contributed by atoms with Gasteiger partial charge in [0, 0.05) is 13.0 Å². The lowest BCUT2D eigenvalue weighted by Gasteiger charge is -2.21. The van der Waals surface area contributed by atoms with Gasteiger partial charge >= 0.3 is 13.9 Å². The molecule has 0 spiro atoms. The average molecular weight is 520 g/mol. The molecule has 5 atom stereocenters. The summed E-state index contributed by atoms with van der Waals surface area (Å²) >= 11 is 0. The fourth-order valence-electron chi connectivity index (χ4n) is 4.27. The van der Waals surface area contributed by atoms with E-state index in [1.165, 1.54) is 12.7 Å². The van der Waals surface area contributed by atoms with Gasteiger partial charge in [-0.15, -0.1) is 0 Å². The summed E-state index contributed by atoms with van der Waals surface area (Å²) in [4.78, 5) is 43.1. The van der Waals surface area contributed by atoms with Crippen molar-refractivity contribution in [2.45, 2.75) is 44.2 Å². The number of hydrogen-bond acceptors (Lipinski definition) is 9. The van der Waals surface area contributed by atoms with Gasteiger partial charge in [0.05, 0.1) is 12.9 Å². The van der Waals surface area contributed by atoms with Crippen LogP contribution in [0, 0.1) is 0 Å². The topological polar surface area (TPSA) is 179 Å². The molecular formula is C21H25N6O8P. The highest BCUT2D eigenvalue weighted by atomic mass is 31.2. The second-order valence-electron chi connectivity index (χ2n) is 8.20. The molecular weight excluding hydrogens is 495 g/mol. The molecule has 0 saturated carbocycles. The van der Waals surface area contributed by atoms with Gasteiger partial charge in [0.2, 0.25) is 0 Å². The molecule has 4 heterocycles. The highest BCUT2D eigenvalue weighted by molar-refractivity contribution is 7.46. The van der Waals surface area contributed by atoms with Crippen molar-refractivity contribution in [1.29, 1.82) is 0 Å². The standard InChI is InChI=1S/C21H25N6O8P/c1-2-22-21(28)26-18-15-19(24-10-23-18)27(11-25-15)20-17-16(13(33-20)9-32-36(29,30)31)34-14(35-17)8-12-6-4-3-5-7-12/h3-7,10-11,13-14,16-17,20H,2,8-9H2,1H3,(H2,29,30,31)(H2,22,23,24,26,28)/t13-,14?,16-,17-,20-/m1/s1. The number of nitrogens with one attached hydrogen (secondary N) is 2. The SMILES string of the molecule is CCNC(=O)Nc1ncnc2c1ncn2[C@@H]1O[C@H](COP(=O)(O)O)[C@H]2OC(Cc3ccccc3)O[C@H]21. The van der Waals surface area contributed by atoms with Gasteiger partial charge in [-0.1, -0.05) is 30.3 Å². The maximum absolute atomic E-state index is 12.0. The number of benzene rings is 1. The molecule has 0 radical (unpaired) electrons. The van der Waals surface area contributed by atoms with E-state index in [-0.39, 0.29) is 5.82 Å². The lowest BCUT2D eigenvalue weighted by atomic mass is 10.1. The van der Waals surface area contributed by atoms with Crippen molar-refractivity contribution in [3.8, 4) is 0 Å². The van der Waals surface area contributed by atoms with Crippen LogP contribution in [0.1, 0.15) is 18.7 Å². The quantitative estimate of drug-likeness (QED) is 0.315. The zero-order valence-corrected chi connectivity index (χ0v) is 20.0. The normalized spacial score (nSPS) is 25.7. The van der Waals surface area contributed by atoms with E-state index in [1.54, 1.807) is 11.5 Å². The number of phosphoric acid groups is 1. The van der Waals surface area contributed by atoms with Gasteiger partial charge < -0.3 is 29.3 Å². The maximum Gasteiger partial charge on any atom is 0.469 e. The first-order valence-electron chi connectivity index (χ1n) is 11.2. The summed E-state index contributed by atoms with van der Waals surface area (Å²) < 4.78 is 36.0. The minimum Gasteiger partial charge on any atom is -0.347 e. The van der Waals surface area contributed by atoms with Gasteiger partial charge in [-0.2, -0.15) is 0 Å². The number of rotatable bonds is 8. The first kappa shape index (κ1) is 24.7. The Labute approximate surface area is 205 Å². The molecule has 5 rings (SSSR count). The van der Waals surface area contributed by atoms with E-state index in [4.69, 9.17) is 18.7 Å². The van der Waals surface area contributed by atoms with Gasteiger partial charge in [-0.3, -0.25) is 14.4 Å². The molecule has 14 nitrogen and oxygen atoms in total. The number of hydrogen-bond donors (Lipinski definition) is 4. The molecule has 1 unspecified atom stereocenters. The van der Waals surface area contributed by atoms with Crippen LogP contribution in [-0.2, 0) is 29.7 Å². The molecule has 2 aliphatic heterocycles. The van der Waals surface area contributed by atoms with Crippen LogP contribution in [0.4, 0.5) is 10.6 Å². The highest BCUT2D eigenvalue weighted by Crippen LogP contribution is 2.43. The van der Waals surface area contributed by atoms with Gasteiger partial charge in [-0.25, -0.2) is 24.3 Å². The van der Waals surface area contributed by atoms with Crippen LogP contribution in [0.2, 0.25) is 0 Å². The second-order valence-corrected chi connectivity index (χ2v) is 9.44. The number of anilines is 1. The first-order chi connectivity index (χ1) is 17.3. The first-order valence-corrected chi connectivity index (χ1v) is 12.8. The highest BCUT2D eigenvalue weighted by Gasteiger charge is 2.54. The molecule has 2 aromatic heterocycles. The summed E-state index contributed by atoms with van der Waals surface area (Å²) in [7, 11) is -4.73. The zero-order chi connectivity index (χ0) is 25.3. The number of carbonyl (C=O) groups excluding carboxylic acids is 1. The third-order valence-corrected chi connectivity index (χ3v) is 6.24. The molecule has 36 heavy (non-hydrogen) atoms. The summed E-state index contributed by atoms with van der Waals surface area (Å²) in [5.41, 5.74) is 1.70. The molecule has 192 valence electrons. The van der Waals surface area contributed by atoms with Crippen molar-refractivity contribution in [2.24, 2.45) is 0 Å². The number of phosphoric ester groups is 1. The van der Waals surface area contributed by atoms with Crippen LogP contribution in [-0.4, -0.2) is 73.1 Å². The lowest BCUT2D eigenvalue weighted by molar-refractivity contribution is -0.149. The van der Waals surface area contributed by atoms with Crippen LogP contribution in [0.3, 0.4) is 0 Å². The summed E-state index contributed by atoms with van der Waals surface area (Å²) in [5, 5.41) is 5.26. The van der Waals surface area contributed by atoms with Crippen molar-refractivity contribution in [1.82, 2.24) is 24.8 Å². The van der Waals surface area contributed by atoms with E-state index in [9.17, 15) is 19.1 Å². The largest absolute Gasteiger partial charge is 0.469 e. The predicted molar refractivity (Wildman–Crippen MR) is 124 cm³/mol. The van der Waals surface area contributed by atoms with Crippen molar-refractivity contribution < 1.29 is 37.9 Å². The third-order valence-electron chi connectivity index (χ3n) is 5.76. The molecule has 15 heteroatoms. The smallest absolute Gasteiger partial charge is 0.347 e.